The maximum atomic E-state index is 12.3. The molecule has 1 atom stereocenters. The van der Waals surface area contributed by atoms with Crippen molar-refractivity contribution < 1.29 is 14.3 Å². The molecule has 1 amide bonds. The molecular formula is C14H28N2O3. The van der Waals surface area contributed by atoms with E-state index >= 15 is 0 Å². The van der Waals surface area contributed by atoms with E-state index in [2.05, 4.69) is 5.32 Å². The lowest BCUT2D eigenvalue weighted by atomic mass is 10.1. The number of nitrogens with one attached hydrogen (secondary N) is 1. The van der Waals surface area contributed by atoms with Crippen molar-refractivity contribution in [3.8, 4) is 0 Å². The van der Waals surface area contributed by atoms with Crippen LogP contribution < -0.4 is 5.32 Å². The Bertz CT molecular complexity index is 280. The van der Waals surface area contributed by atoms with Crippen LogP contribution in [0.2, 0.25) is 0 Å². The maximum absolute atomic E-state index is 12.3. The van der Waals surface area contributed by atoms with Crippen LogP contribution in [0.25, 0.3) is 0 Å². The summed E-state index contributed by atoms with van der Waals surface area (Å²) in [6.45, 7) is 12.1. The summed E-state index contributed by atoms with van der Waals surface area (Å²) in [6, 6.07) is 0. The highest BCUT2D eigenvalue weighted by Crippen LogP contribution is 2.06. The first-order valence-corrected chi connectivity index (χ1v) is 7.07. The van der Waals surface area contributed by atoms with E-state index < -0.39 is 0 Å². The first-order valence-electron chi connectivity index (χ1n) is 7.07. The lowest BCUT2D eigenvalue weighted by Crippen LogP contribution is -2.43. The highest BCUT2D eigenvalue weighted by molar-refractivity contribution is 5.83. The minimum Gasteiger partial charge on any atom is -0.465 e. The molecule has 0 heterocycles. The third-order valence-electron chi connectivity index (χ3n) is 2.64. The van der Waals surface area contributed by atoms with Gasteiger partial charge in [0.05, 0.1) is 6.61 Å². The van der Waals surface area contributed by atoms with E-state index in [9.17, 15) is 9.59 Å². The molecule has 0 spiro atoms. The second-order valence-corrected chi connectivity index (χ2v) is 5.13. The minimum atomic E-state index is -0.341. The van der Waals surface area contributed by atoms with Gasteiger partial charge < -0.3 is 15.0 Å². The van der Waals surface area contributed by atoms with E-state index in [4.69, 9.17) is 4.74 Å². The monoisotopic (exact) mass is 272 g/mol. The Morgan fingerprint density at radius 1 is 1.21 bits per heavy atom. The van der Waals surface area contributed by atoms with Crippen LogP contribution in [0.5, 0.6) is 0 Å². The summed E-state index contributed by atoms with van der Waals surface area (Å²) in [4.78, 5) is 25.4. The van der Waals surface area contributed by atoms with Crippen LogP contribution >= 0.6 is 0 Å². The van der Waals surface area contributed by atoms with Gasteiger partial charge in [-0.15, -0.1) is 0 Å². The molecule has 19 heavy (non-hydrogen) atoms. The molecule has 0 fully saturated rings. The van der Waals surface area contributed by atoms with Gasteiger partial charge in [0.25, 0.3) is 0 Å². The average Bonchev–Trinajstić information content (AvgIpc) is 2.33. The third kappa shape index (κ3) is 7.82. The topological polar surface area (TPSA) is 58.6 Å². The molecule has 0 aromatic heterocycles. The van der Waals surface area contributed by atoms with Crippen molar-refractivity contribution in [1.82, 2.24) is 10.2 Å². The van der Waals surface area contributed by atoms with Gasteiger partial charge in [0, 0.05) is 19.0 Å². The zero-order valence-electron chi connectivity index (χ0n) is 12.9. The number of ether oxygens (including phenoxy) is 1. The first kappa shape index (κ1) is 17.9. The quantitative estimate of drug-likeness (QED) is 0.642. The van der Waals surface area contributed by atoms with Gasteiger partial charge in [0.15, 0.2) is 0 Å². The maximum Gasteiger partial charge on any atom is 0.325 e. The number of esters is 1. The van der Waals surface area contributed by atoms with Crippen molar-refractivity contribution >= 4 is 11.9 Å². The number of hydrogen-bond donors (Lipinski definition) is 1. The van der Waals surface area contributed by atoms with E-state index in [1.807, 2.05) is 27.7 Å². The molecule has 0 saturated carbocycles. The van der Waals surface area contributed by atoms with Crippen molar-refractivity contribution in [2.24, 2.45) is 11.8 Å². The van der Waals surface area contributed by atoms with E-state index in [1.54, 1.807) is 11.8 Å². The summed E-state index contributed by atoms with van der Waals surface area (Å²) in [7, 11) is 0. The fourth-order valence-electron chi connectivity index (χ4n) is 1.80. The summed E-state index contributed by atoms with van der Waals surface area (Å²) in [6.07, 6.45) is 0. The molecule has 112 valence electrons. The Hall–Kier alpha value is -1.10. The molecular weight excluding hydrogens is 244 g/mol. The Kier molecular flexibility index (Phi) is 9.21. The fourth-order valence-corrected chi connectivity index (χ4v) is 1.80. The summed E-state index contributed by atoms with van der Waals surface area (Å²) >= 11 is 0. The van der Waals surface area contributed by atoms with Crippen LogP contribution in [-0.4, -0.2) is 49.6 Å². The van der Waals surface area contributed by atoms with Gasteiger partial charge in [-0.2, -0.15) is 0 Å². The summed E-state index contributed by atoms with van der Waals surface area (Å²) in [5.74, 6) is -0.146. The van der Waals surface area contributed by atoms with Crippen LogP contribution in [0.15, 0.2) is 0 Å². The Labute approximate surface area is 116 Å². The van der Waals surface area contributed by atoms with Gasteiger partial charge in [-0.1, -0.05) is 27.7 Å². The molecule has 0 radical (unpaired) electrons. The third-order valence-corrected chi connectivity index (χ3v) is 2.64. The van der Waals surface area contributed by atoms with Crippen molar-refractivity contribution in [3.05, 3.63) is 0 Å². The standard InChI is InChI=1S/C14H28N2O3/c1-6-15-8-12(5)14(18)16(9-11(3)4)10-13(17)19-7-2/h11-12,15H,6-10H2,1-5H3. The summed E-state index contributed by atoms with van der Waals surface area (Å²) in [5, 5.41) is 3.15. The van der Waals surface area contributed by atoms with Crippen LogP contribution in [0.4, 0.5) is 0 Å². The van der Waals surface area contributed by atoms with Gasteiger partial charge in [-0.3, -0.25) is 9.59 Å². The molecule has 0 rings (SSSR count). The molecule has 0 aromatic rings. The second-order valence-electron chi connectivity index (χ2n) is 5.13. The van der Waals surface area contributed by atoms with Crippen molar-refractivity contribution in [1.29, 1.82) is 0 Å². The SMILES string of the molecule is CCNCC(C)C(=O)N(CC(=O)OCC)CC(C)C. The molecule has 0 bridgehead atoms. The molecule has 0 aliphatic heterocycles. The molecule has 1 N–H and O–H groups in total. The number of rotatable bonds is 9. The molecule has 0 aliphatic carbocycles. The summed E-state index contributed by atoms with van der Waals surface area (Å²) < 4.78 is 4.92. The average molecular weight is 272 g/mol. The molecule has 0 aromatic carbocycles. The smallest absolute Gasteiger partial charge is 0.325 e. The Balaban J connectivity index is 4.54. The van der Waals surface area contributed by atoms with Crippen molar-refractivity contribution in [3.63, 3.8) is 0 Å². The predicted octanol–water partition coefficient (Wildman–Crippen LogP) is 1.28. The number of hydrogen-bond acceptors (Lipinski definition) is 4. The van der Waals surface area contributed by atoms with E-state index in [0.29, 0.717) is 25.6 Å². The van der Waals surface area contributed by atoms with Crippen LogP contribution in [0.3, 0.4) is 0 Å². The van der Waals surface area contributed by atoms with Crippen molar-refractivity contribution in [2.45, 2.75) is 34.6 Å². The van der Waals surface area contributed by atoms with Gasteiger partial charge in [0.2, 0.25) is 5.91 Å². The predicted molar refractivity (Wildman–Crippen MR) is 75.8 cm³/mol. The number of amides is 1. The van der Waals surface area contributed by atoms with Gasteiger partial charge >= 0.3 is 5.97 Å². The van der Waals surface area contributed by atoms with Crippen molar-refractivity contribution in [2.75, 3.05) is 32.8 Å². The Morgan fingerprint density at radius 3 is 2.32 bits per heavy atom. The zero-order chi connectivity index (χ0) is 14.8. The highest BCUT2D eigenvalue weighted by atomic mass is 16.5. The molecule has 1 unspecified atom stereocenters. The highest BCUT2D eigenvalue weighted by Gasteiger charge is 2.23. The molecule has 0 aliphatic rings. The second kappa shape index (κ2) is 9.78. The summed E-state index contributed by atoms with van der Waals surface area (Å²) in [5.41, 5.74) is 0. The van der Waals surface area contributed by atoms with Gasteiger partial charge in [-0.05, 0) is 19.4 Å². The minimum absolute atomic E-state index is 0.00250. The van der Waals surface area contributed by atoms with E-state index in [0.717, 1.165) is 6.54 Å². The number of carbonyl (C=O) groups excluding carboxylic acids is 2. The normalized spacial score (nSPS) is 12.3. The van der Waals surface area contributed by atoms with E-state index in [1.165, 1.54) is 0 Å². The molecule has 5 nitrogen and oxygen atoms in total. The van der Waals surface area contributed by atoms with Gasteiger partial charge in [-0.25, -0.2) is 0 Å². The molecule has 5 heteroatoms. The lowest BCUT2D eigenvalue weighted by Gasteiger charge is -2.26. The first-order chi connectivity index (χ1) is 8.92. The zero-order valence-corrected chi connectivity index (χ0v) is 12.9. The molecule has 0 saturated heterocycles. The van der Waals surface area contributed by atoms with Gasteiger partial charge in [0.1, 0.15) is 6.54 Å². The number of carbonyl (C=O) groups is 2. The largest absolute Gasteiger partial charge is 0.465 e. The number of nitrogens with zero attached hydrogens (tertiary/aromatic N) is 1. The fraction of sp³-hybridized carbons (Fsp3) is 0.857. The van der Waals surface area contributed by atoms with E-state index in [-0.39, 0.29) is 24.3 Å². The van der Waals surface area contributed by atoms with Crippen LogP contribution in [0.1, 0.15) is 34.6 Å². The Morgan fingerprint density at radius 2 is 1.84 bits per heavy atom. The lowest BCUT2D eigenvalue weighted by molar-refractivity contribution is -0.150. The van der Waals surface area contributed by atoms with Crippen LogP contribution in [-0.2, 0) is 14.3 Å². The van der Waals surface area contributed by atoms with Crippen LogP contribution in [0, 0.1) is 11.8 Å².